The number of aliphatic carboxylic acids is 1. The first-order chi connectivity index (χ1) is 37.6. The highest BCUT2D eigenvalue weighted by Crippen LogP contribution is 2.26. The second-order valence-corrected chi connectivity index (χ2v) is 21.3. The van der Waals surface area contributed by atoms with E-state index in [-0.39, 0.29) is 25.9 Å². The molecule has 1 heterocycles. The zero-order valence-corrected chi connectivity index (χ0v) is 49.0. The fourth-order valence-corrected chi connectivity index (χ4v) is 9.25. The first-order valence-electron chi connectivity index (χ1n) is 31.3. The van der Waals surface area contributed by atoms with Crippen LogP contribution in [0.3, 0.4) is 0 Å². The van der Waals surface area contributed by atoms with Crippen molar-refractivity contribution in [2.45, 2.75) is 314 Å². The van der Waals surface area contributed by atoms with Gasteiger partial charge in [-0.2, -0.15) is 0 Å². The number of aliphatic hydroxyl groups is 2. The Hall–Kier alpha value is -3.58. The van der Waals surface area contributed by atoms with Crippen LogP contribution in [0.5, 0.6) is 0 Å². The lowest BCUT2D eigenvalue weighted by molar-refractivity contribution is -0.301. The molecule has 12 heteroatoms. The van der Waals surface area contributed by atoms with Gasteiger partial charge in [-0.25, -0.2) is 4.79 Å². The van der Waals surface area contributed by atoms with Gasteiger partial charge in [-0.3, -0.25) is 14.4 Å². The van der Waals surface area contributed by atoms with Crippen molar-refractivity contribution in [3.63, 3.8) is 0 Å². The van der Waals surface area contributed by atoms with Gasteiger partial charge < -0.3 is 39.0 Å². The Labute approximate surface area is 468 Å². The van der Waals surface area contributed by atoms with Crippen LogP contribution in [0.2, 0.25) is 0 Å². The summed E-state index contributed by atoms with van der Waals surface area (Å²) >= 11 is 0. The van der Waals surface area contributed by atoms with E-state index in [1.54, 1.807) is 0 Å². The van der Waals surface area contributed by atoms with Crippen LogP contribution in [-0.2, 0) is 42.9 Å². The molecule has 0 bridgehead atoms. The summed E-state index contributed by atoms with van der Waals surface area (Å²) in [5, 5.41) is 31.5. The first-order valence-corrected chi connectivity index (χ1v) is 31.3. The number of hydrogen-bond donors (Lipinski definition) is 3. The normalized spacial score (nSPS) is 18.4. The maximum atomic E-state index is 13.2. The van der Waals surface area contributed by atoms with Crippen LogP contribution >= 0.6 is 0 Å². The molecule has 1 fully saturated rings. The Morgan fingerprint density at radius 1 is 0.442 bits per heavy atom. The predicted molar refractivity (Wildman–Crippen MR) is 312 cm³/mol. The zero-order chi connectivity index (χ0) is 56.1. The number of carboxylic acids is 1. The second kappa shape index (κ2) is 53.1. The Balaban J connectivity index is 2.67. The van der Waals surface area contributed by atoms with Crippen LogP contribution in [0.1, 0.15) is 278 Å². The van der Waals surface area contributed by atoms with Crippen LogP contribution in [0.15, 0.2) is 60.8 Å². The lowest BCUT2D eigenvalue weighted by Crippen LogP contribution is -2.61. The highest BCUT2D eigenvalue weighted by Gasteiger charge is 2.50. The monoisotopic (exact) mass is 1080 g/mol. The van der Waals surface area contributed by atoms with E-state index in [1.807, 2.05) is 0 Å². The van der Waals surface area contributed by atoms with Crippen molar-refractivity contribution in [1.82, 2.24) is 0 Å². The summed E-state index contributed by atoms with van der Waals surface area (Å²) in [4.78, 5) is 51.2. The third-order valence-electron chi connectivity index (χ3n) is 14.0. The van der Waals surface area contributed by atoms with Gasteiger partial charge in [-0.1, -0.05) is 216 Å². The molecule has 77 heavy (non-hydrogen) atoms. The number of carboxylic acid groups (broad SMARTS) is 1. The van der Waals surface area contributed by atoms with Gasteiger partial charge in [-0.05, 0) is 103 Å². The SMILES string of the molecule is CC/C=C\C/C=C\C/C=C\CCCCCCCCCC(=O)OC1C(OCC(COC(=O)CCCCCCCCC/C=C\CCCCCCCC)OC(=O)CCCCCCC/C=C\CCCCCC)OC(C(=O)O)C(O)C1O. The maximum absolute atomic E-state index is 13.2. The van der Waals surface area contributed by atoms with Crippen molar-refractivity contribution in [1.29, 1.82) is 0 Å². The molecule has 6 unspecified atom stereocenters. The van der Waals surface area contributed by atoms with E-state index in [0.717, 1.165) is 128 Å². The standard InChI is InChI=1S/C65H112O12/c1-4-7-10-13-16-19-22-25-27-29-31-34-36-39-42-45-48-51-57(66)73-54-56(75-58(67)52-49-46-43-40-37-33-24-21-18-15-12-9-6-3)55-74-65-63(61(70)60(69)62(77-65)64(71)72)76-59(68)53-50-47-44-41-38-35-32-30-28-26-23-20-17-14-11-8-5-2/h8,11,17,20-21,24-28,56,60-63,65,69-70H,4-7,9-10,12-16,18-19,22-23,29-55H2,1-3H3,(H,71,72)/b11-8-,20-17-,24-21-,27-25-,28-26-. The minimum absolute atomic E-state index is 0.0478. The molecule has 0 aliphatic carbocycles. The highest BCUT2D eigenvalue weighted by molar-refractivity contribution is 5.74. The molecular weight excluding hydrogens is 973 g/mol. The molecule has 444 valence electrons. The van der Waals surface area contributed by atoms with Crippen LogP contribution in [0, 0.1) is 0 Å². The van der Waals surface area contributed by atoms with Gasteiger partial charge in [0.25, 0.3) is 0 Å². The number of rotatable bonds is 53. The van der Waals surface area contributed by atoms with Gasteiger partial charge in [-0.15, -0.1) is 0 Å². The van der Waals surface area contributed by atoms with Crippen LogP contribution in [0.25, 0.3) is 0 Å². The fourth-order valence-electron chi connectivity index (χ4n) is 9.25. The summed E-state index contributed by atoms with van der Waals surface area (Å²) in [6, 6.07) is 0. The number of carbonyl (C=O) groups is 4. The van der Waals surface area contributed by atoms with Gasteiger partial charge in [0.1, 0.15) is 18.8 Å². The van der Waals surface area contributed by atoms with E-state index in [4.69, 9.17) is 23.7 Å². The average molecular weight is 1090 g/mol. The first kappa shape index (κ1) is 71.4. The number of hydrogen-bond acceptors (Lipinski definition) is 11. The van der Waals surface area contributed by atoms with E-state index >= 15 is 0 Å². The van der Waals surface area contributed by atoms with Crippen molar-refractivity contribution < 1.29 is 58.2 Å². The topological polar surface area (TPSA) is 175 Å². The van der Waals surface area contributed by atoms with Gasteiger partial charge in [0.15, 0.2) is 24.6 Å². The van der Waals surface area contributed by atoms with Crippen molar-refractivity contribution in [3.8, 4) is 0 Å². The third-order valence-corrected chi connectivity index (χ3v) is 14.0. The maximum Gasteiger partial charge on any atom is 0.335 e. The van der Waals surface area contributed by atoms with E-state index in [2.05, 4.69) is 81.5 Å². The molecule has 0 aromatic carbocycles. The molecule has 1 aliphatic rings. The third kappa shape index (κ3) is 43.0. The summed E-state index contributed by atoms with van der Waals surface area (Å²) in [6.07, 6.45) is 53.2. The van der Waals surface area contributed by atoms with E-state index in [1.165, 1.54) is 89.9 Å². The van der Waals surface area contributed by atoms with Crippen molar-refractivity contribution in [2.24, 2.45) is 0 Å². The second-order valence-electron chi connectivity index (χ2n) is 21.3. The van der Waals surface area contributed by atoms with Crippen LogP contribution in [0.4, 0.5) is 0 Å². The predicted octanol–water partition coefficient (Wildman–Crippen LogP) is 16.3. The number of carbonyl (C=O) groups excluding carboxylic acids is 3. The lowest BCUT2D eigenvalue weighted by atomic mass is 9.98. The molecule has 6 atom stereocenters. The Morgan fingerprint density at radius 2 is 0.818 bits per heavy atom. The molecule has 1 saturated heterocycles. The number of allylic oxidation sites excluding steroid dienone is 10. The Bertz CT molecular complexity index is 1570. The number of ether oxygens (including phenoxy) is 5. The van der Waals surface area contributed by atoms with Gasteiger partial charge in [0.05, 0.1) is 6.61 Å². The van der Waals surface area contributed by atoms with Gasteiger partial charge >= 0.3 is 23.9 Å². The minimum atomic E-state index is -1.91. The number of esters is 3. The molecule has 0 aromatic heterocycles. The van der Waals surface area contributed by atoms with E-state index in [0.29, 0.717) is 19.3 Å². The molecule has 1 rings (SSSR count). The summed E-state index contributed by atoms with van der Waals surface area (Å²) in [6.45, 7) is 5.87. The highest BCUT2D eigenvalue weighted by atomic mass is 16.7. The van der Waals surface area contributed by atoms with Crippen LogP contribution < -0.4 is 0 Å². The molecule has 12 nitrogen and oxygen atoms in total. The van der Waals surface area contributed by atoms with Crippen molar-refractivity contribution in [3.05, 3.63) is 60.8 Å². The summed E-state index contributed by atoms with van der Waals surface area (Å²) < 4.78 is 28.5. The molecule has 0 aromatic rings. The minimum Gasteiger partial charge on any atom is -0.479 e. The lowest BCUT2D eigenvalue weighted by Gasteiger charge is -2.40. The Kier molecular flexibility index (Phi) is 49.2. The molecule has 3 N–H and O–H groups in total. The molecule has 0 saturated carbocycles. The smallest absolute Gasteiger partial charge is 0.335 e. The summed E-state index contributed by atoms with van der Waals surface area (Å²) in [5.74, 6) is -3.13. The quantitative estimate of drug-likeness (QED) is 0.0228. The fraction of sp³-hybridized carbons (Fsp3) is 0.785. The summed E-state index contributed by atoms with van der Waals surface area (Å²) in [7, 11) is 0. The van der Waals surface area contributed by atoms with Gasteiger partial charge in [0, 0.05) is 19.3 Å². The number of aliphatic hydroxyl groups excluding tert-OH is 2. The van der Waals surface area contributed by atoms with Gasteiger partial charge in [0.2, 0.25) is 0 Å². The molecular formula is C65H112O12. The Morgan fingerprint density at radius 3 is 1.27 bits per heavy atom. The van der Waals surface area contributed by atoms with Crippen molar-refractivity contribution >= 4 is 23.9 Å². The average Bonchev–Trinajstić information content (AvgIpc) is 3.42. The zero-order valence-electron chi connectivity index (χ0n) is 49.0. The molecule has 0 spiro atoms. The van der Waals surface area contributed by atoms with E-state index in [9.17, 15) is 34.5 Å². The molecule has 0 amide bonds. The summed E-state index contributed by atoms with van der Waals surface area (Å²) in [5.41, 5.74) is 0. The largest absolute Gasteiger partial charge is 0.479 e. The molecule has 0 radical (unpaired) electrons. The van der Waals surface area contributed by atoms with E-state index < -0.39 is 67.3 Å². The van der Waals surface area contributed by atoms with Crippen LogP contribution in [-0.4, -0.2) is 89.2 Å². The number of unbranched alkanes of at least 4 members (excludes halogenated alkanes) is 29. The molecule has 1 aliphatic heterocycles. The van der Waals surface area contributed by atoms with Crippen molar-refractivity contribution in [2.75, 3.05) is 13.2 Å².